The number of rotatable bonds is 9. The van der Waals surface area contributed by atoms with Crippen LogP contribution >= 0.6 is 0 Å². The predicted octanol–water partition coefficient (Wildman–Crippen LogP) is -2.98. The van der Waals surface area contributed by atoms with E-state index in [-0.39, 0.29) is 18.3 Å². The van der Waals surface area contributed by atoms with Gasteiger partial charge in [0.05, 0.1) is 0 Å². The van der Waals surface area contributed by atoms with Gasteiger partial charge in [-0.3, -0.25) is 14.4 Å². The highest BCUT2D eigenvalue weighted by atomic mass is 16.6. The molecule has 2 fully saturated rings. The Labute approximate surface area is 183 Å². The molecule has 7 N–H and O–H groups in total. The number of nitrogens with two attached hydrogens (primary N) is 2. The molecule has 1 unspecified atom stereocenters. The normalized spacial score (nSPS) is 29.3. The molecule has 14 heteroatoms. The smallest absolute Gasteiger partial charge is 0.324 e. The number of hydrogen-bond acceptors (Lipinski definition) is 11. The molecule has 0 saturated carbocycles. The van der Waals surface area contributed by atoms with Gasteiger partial charge in [-0.05, 0) is 18.8 Å². The molecule has 178 valence electrons. The maximum atomic E-state index is 12.7. The zero-order chi connectivity index (χ0) is 23.6. The van der Waals surface area contributed by atoms with Gasteiger partial charge in [-0.25, -0.2) is 20.1 Å². The van der Waals surface area contributed by atoms with Crippen LogP contribution in [0, 0.1) is 5.92 Å². The van der Waals surface area contributed by atoms with Gasteiger partial charge in [0, 0.05) is 6.54 Å². The number of ether oxygens (including phenoxy) is 2. The highest BCUT2D eigenvalue weighted by molar-refractivity contribution is 5.88. The summed E-state index contributed by atoms with van der Waals surface area (Å²) < 4.78 is 12.0. The zero-order valence-electron chi connectivity index (χ0n) is 17.8. The van der Waals surface area contributed by atoms with Crippen molar-refractivity contribution in [2.75, 3.05) is 13.2 Å². The van der Waals surface area contributed by atoms with Crippen LogP contribution in [0.25, 0.3) is 0 Å². The second kappa shape index (κ2) is 9.87. The number of hydrazine groups is 1. The SMILES string of the molecule is CC(C)[C@@H](NN1CCCC1C(=O)OC[C@@H]1O[C@H](n2cnc(C(N)=O)n2)[C@@H](O)[C@H]1O)C(N)=O. The molecule has 0 aromatic carbocycles. The average Bonchev–Trinajstić information content (AvgIpc) is 3.45. The lowest BCUT2D eigenvalue weighted by Crippen LogP contribution is -2.56. The Morgan fingerprint density at radius 2 is 2.03 bits per heavy atom. The summed E-state index contributed by atoms with van der Waals surface area (Å²) in [7, 11) is 0. The molecule has 2 aliphatic rings. The Hall–Kier alpha value is -2.65. The molecule has 2 saturated heterocycles. The monoisotopic (exact) mass is 455 g/mol. The number of aliphatic hydroxyl groups excluding tert-OH is 2. The maximum Gasteiger partial charge on any atom is 0.324 e. The van der Waals surface area contributed by atoms with Crippen LogP contribution in [0.2, 0.25) is 0 Å². The molecule has 1 aromatic rings. The van der Waals surface area contributed by atoms with Gasteiger partial charge in [-0.2, -0.15) is 0 Å². The summed E-state index contributed by atoms with van der Waals surface area (Å²) in [4.78, 5) is 39.2. The Morgan fingerprint density at radius 1 is 1.31 bits per heavy atom. The number of aliphatic hydroxyl groups is 2. The number of hydrogen-bond donors (Lipinski definition) is 5. The van der Waals surface area contributed by atoms with Crippen molar-refractivity contribution < 1.29 is 34.1 Å². The molecular formula is C18H29N7O7. The minimum atomic E-state index is -1.40. The second-order valence-electron chi connectivity index (χ2n) is 8.19. The van der Waals surface area contributed by atoms with E-state index in [0.717, 1.165) is 11.0 Å². The highest BCUT2D eigenvalue weighted by Crippen LogP contribution is 2.29. The van der Waals surface area contributed by atoms with E-state index in [1.807, 2.05) is 13.8 Å². The number of primary amides is 2. The lowest BCUT2D eigenvalue weighted by Gasteiger charge is -2.29. The number of nitrogens with one attached hydrogen (secondary N) is 1. The quantitative estimate of drug-likeness (QED) is 0.237. The van der Waals surface area contributed by atoms with Crippen LogP contribution in [0.3, 0.4) is 0 Å². The van der Waals surface area contributed by atoms with Crippen molar-refractivity contribution in [2.24, 2.45) is 17.4 Å². The van der Waals surface area contributed by atoms with E-state index in [0.29, 0.717) is 19.4 Å². The Bertz CT molecular complexity index is 847. The van der Waals surface area contributed by atoms with Crippen LogP contribution in [-0.2, 0) is 19.1 Å². The van der Waals surface area contributed by atoms with Gasteiger partial charge in [0.2, 0.25) is 11.7 Å². The Balaban J connectivity index is 1.57. The summed E-state index contributed by atoms with van der Waals surface area (Å²) in [6.07, 6.45) is -2.56. The van der Waals surface area contributed by atoms with Gasteiger partial charge in [0.1, 0.15) is 43.3 Å². The molecule has 0 spiro atoms. The van der Waals surface area contributed by atoms with Crippen molar-refractivity contribution in [3.8, 4) is 0 Å². The third-order valence-corrected chi connectivity index (χ3v) is 5.52. The lowest BCUT2D eigenvalue weighted by molar-refractivity contribution is -0.157. The number of carbonyl (C=O) groups excluding carboxylic acids is 3. The first-order chi connectivity index (χ1) is 15.1. The van der Waals surface area contributed by atoms with Gasteiger partial charge in [0.25, 0.3) is 5.91 Å². The summed E-state index contributed by atoms with van der Waals surface area (Å²) in [6.45, 7) is 3.90. The molecule has 2 amide bonds. The summed E-state index contributed by atoms with van der Waals surface area (Å²) >= 11 is 0. The fourth-order valence-electron chi connectivity index (χ4n) is 3.74. The van der Waals surface area contributed by atoms with E-state index in [9.17, 15) is 24.6 Å². The molecule has 2 aliphatic heterocycles. The van der Waals surface area contributed by atoms with Crippen molar-refractivity contribution in [1.29, 1.82) is 0 Å². The van der Waals surface area contributed by atoms with Gasteiger partial charge < -0.3 is 31.2 Å². The first-order valence-corrected chi connectivity index (χ1v) is 10.3. The van der Waals surface area contributed by atoms with E-state index in [1.54, 1.807) is 5.01 Å². The van der Waals surface area contributed by atoms with Crippen LogP contribution in [0.5, 0.6) is 0 Å². The predicted molar refractivity (Wildman–Crippen MR) is 106 cm³/mol. The molecule has 3 rings (SSSR count). The van der Waals surface area contributed by atoms with E-state index >= 15 is 0 Å². The summed E-state index contributed by atoms with van der Waals surface area (Å²) in [5.74, 6) is -2.28. The molecule has 0 bridgehead atoms. The van der Waals surface area contributed by atoms with E-state index in [1.165, 1.54) is 0 Å². The van der Waals surface area contributed by atoms with Crippen LogP contribution in [0.15, 0.2) is 6.33 Å². The van der Waals surface area contributed by atoms with Crippen LogP contribution in [0.4, 0.5) is 0 Å². The van der Waals surface area contributed by atoms with Crippen molar-refractivity contribution in [2.45, 2.75) is 63.3 Å². The fourth-order valence-corrected chi connectivity index (χ4v) is 3.74. The van der Waals surface area contributed by atoms with E-state index in [2.05, 4.69) is 15.5 Å². The van der Waals surface area contributed by atoms with Gasteiger partial charge >= 0.3 is 5.97 Å². The molecule has 1 aromatic heterocycles. The number of aromatic nitrogens is 3. The first-order valence-electron chi connectivity index (χ1n) is 10.3. The van der Waals surface area contributed by atoms with Crippen molar-refractivity contribution in [3.63, 3.8) is 0 Å². The molecule has 6 atom stereocenters. The van der Waals surface area contributed by atoms with E-state index < -0.39 is 54.4 Å². The van der Waals surface area contributed by atoms with Crippen LogP contribution < -0.4 is 16.9 Å². The number of esters is 1. The van der Waals surface area contributed by atoms with Crippen LogP contribution in [-0.4, -0.2) is 91.3 Å². The summed E-state index contributed by atoms with van der Waals surface area (Å²) in [5, 5.41) is 26.0. The third-order valence-electron chi connectivity index (χ3n) is 5.52. The number of carbonyl (C=O) groups is 3. The van der Waals surface area contributed by atoms with Gasteiger partial charge in [-0.15, -0.1) is 5.10 Å². The molecule has 0 aliphatic carbocycles. The van der Waals surface area contributed by atoms with Gasteiger partial charge in [0.15, 0.2) is 6.23 Å². The van der Waals surface area contributed by atoms with Crippen molar-refractivity contribution in [1.82, 2.24) is 25.2 Å². The largest absolute Gasteiger partial charge is 0.462 e. The third kappa shape index (κ3) is 5.05. The molecule has 0 radical (unpaired) electrons. The molecule has 3 heterocycles. The van der Waals surface area contributed by atoms with Crippen LogP contribution in [0.1, 0.15) is 43.5 Å². The molecule has 32 heavy (non-hydrogen) atoms. The van der Waals surface area contributed by atoms with Crippen molar-refractivity contribution >= 4 is 17.8 Å². The number of nitrogens with zero attached hydrogens (tertiary/aromatic N) is 4. The lowest BCUT2D eigenvalue weighted by atomic mass is 10.1. The summed E-state index contributed by atoms with van der Waals surface area (Å²) in [5.41, 5.74) is 13.6. The zero-order valence-corrected chi connectivity index (χ0v) is 17.8. The van der Waals surface area contributed by atoms with Gasteiger partial charge in [-0.1, -0.05) is 13.8 Å². The maximum absolute atomic E-state index is 12.7. The van der Waals surface area contributed by atoms with E-state index in [4.69, 9.17) is 20.9 Å². The minimum Gasteiger partial charge on any atom is -0.462 e. The summed E-state index contributed by atoms with van der Waals surface area (Å²) in [6, 6.07) is -1.27. The Morgan fingerprint density at radius 3 is 2.62 bits per heavy atom. The average molecular weight is 455 g/mol. The first kappa shape index (κ1) is 24.0. The highest BCUT2D eigenvalue weighted by Gasteiger charge is 2.45. The molecular weight excluding hydrogens is 426 g/mol. The minimum absolute atomic E-state index is 0.0721. The topological polar surface area (TPSA) is 208 Å². The number of amides is 2. The molecule has 14 nitrogen and oxygen atoms in total. The standard InChI is InChI=1S/C18H29N7O7/c1-8(2)11(14(19)28)22-24-5-3-4-9(24)18(30)31-6-10-12(26)13(27)17(32-10)25-7-21-16(23-25)15(20)29/h7-13,17,22,26-27H,3-6H2,1-2H3,(H2,19,28)(H2,20,29)/t9?,10-,11+,12-,13-,17-/m0/s1. The van der Waals surface area contributed by atoms with Crippen molar-refractivity contribution in [3.05, 3.63) is 12.2 Å². The second-order valence-corrected chi connectivity index (χ2v) is 8.19. The Kier molecular flexibility index (Phi) is 7.40. The fraction of sp³-hybridized carbons (Fsp3) is 0.722.